The second-order valence-electron chi connectivity index (χ2n) is 29.5. The van der Waals surface area contributed by atoms with E-state index >= 15 is 0 Å². The van der Waals surface area contributed by atoms with E-state index in [1.54, 1.807) is 0 Å². The summed E-state index contributed by atoms with van der Waals surface area (Å²) < 4.78 is 76.6. The second-order valence-corrected chi connectivity index (χ2v) is 29.5. The molecule has 1 unspecified atom stereocenters. The highest BCUT2D eigenvalue weighted by Crippen LogP contribution is 2.70. The van der Waals surface area contributed by atoms with Gasteiger partial charge in [0.15, 0.2) is 43.5 Å². The van der Waals surface area contributed by atoms with Crippen LogP contribution in [0.5, 0.6) is 0 Å². The van der Waals surface area contributed by atoms with E-state index in [4.69, 9.17) is 61.6 Å². The number of hydrogen-bond donors (Lipinski definition) is 18. The van der Waals surface area contributed by atoms with Gasteiger partial charge in [-0.05, 0) is 113 Å². The number of fused-ring (bicyclic) bond motifs is 7. The lowest BCUT2D eigenvalue weighted by molar-refractivity contribution is -0.375. The molecule has 11 aliphatic rings. The molecule has 94 heavy (non-hydrogen) atoms. The molecule has 31 heteroatoms. The average Bonchev–Trinajstić information content (AvgIpc) is 1.50. The summed E-state index contributed by atoms with van der Waals surface area (Å²) >= 11 is 0. The fourth-order valence-corrected chi connectivity index (χ4v) is 17.7. The Hall–Kier alpha value is -1.50. The first-order chi connectivity index (χ1) is 44.3. The fourth-order valence-electron chi connectivity index (χ4n) is 17.7. The Morgan fingerprint density at radius 1 is 0.511 bits per heavy atom. The third-order valence-electron chi connectivity index (χ3n) is 23.6. The van der Waals surface area contributed by atoms with Crippen LogP contribution in [0.4, 0.5) is 0 Å². The van der Waals surface area contributed by atoms with E-state index in [0.29, 0.717) is 43.4 Å². The number of ether oxygens (including phenoxy) is 13. The highest BCUT2D eigenvalue weighted by Gasteiger charge is 2.68. The maximum atomic E-state index is 12.1. The van der Waals surface area contributed by atoms with Gasteiger partial charge in [-0.3, -0.25) is 0 Å². The Kier molecular flexibility index (Phi) is 22.8. The van der Waals surface area contributed by atoms with Crippen LogP contribution in [-0.2, 0) is 61.6 Å². The first-order valence-corrected chi connectivity index (χ1v) is 33.7. The van der Waals surface area contributed by atoms with Gasteiger partial charge < -0.3 is 153 Å². The predicted molar refractivity (Wildman–Crippen MR) is 313 cm³/mol. The lowest BCUT2D eigenvalue weighted by Gasteiger charge is -2.58. The molecule has 0 aromatic heterocycles. The van der Waals surface area contributed by atoms with Crippen LogP contribution in [0.15, 0.2) is 11.6 Å². The topological polar surface area (TPSA) is 484 Å². The minimum absolute atomic E-state index is 0.0753. The van der Waals surface area contributed by atoms with E-state index in [2.05, 4.69) is 26.8 Å². The smallest absolute Gasteiger partial charge is 0.187 e. The maximum absolute atomic E-state index is 12.1. The zero-order valence-electron chi connectivity index (χ0n) is 54.1. The van der Waals surface area contributed by atoms with E-state index in [1.165, 1.54) is 26.3 Å². The van der Waals surface area contributed by atoms with E-state index in [0.717, 1.165) is 32.1 Å². The van der Waals surface area contributed by atoms with E-state index < -0.39 is 216 Å². The van der Waals surface area contributed by atoms with Crippen molar-refractivity contribution in [2.24, 2.45) is 46.3 Å². The predicted octanol–water partition coefficient (Wildman–Crippen LogP) is -5.30. The highest BCUT2D eigenvalue weighted by atomic mass is 16.8. The van der Waals surface area contributed by atoms with E-state index in [9.17, 15) is 91.9 Å². The molecule has 31 nitrogen and oxygen atoms in total. The molecule has 0 bridgehead atoms. The Balaban J connectivity index is 0.639. The molecule has 542 valence electrons. The van der Waals surface area contributed by atoms with E-state index in [1.807, 2.05) is 6.92 Å². The molecular weight excluding hydrogens is 1250 g/mol. The fraction of sp³-hybridized carbons (Fsp3) is 0.968. The van der Waals surface area contributed by atoms with Crippen molar-refractivity contribution >= 4 is 0 Å². The molecule has 0 aromatic carbocycles. The van der Waals surface area contributed by atoms with Gasteiger partial charge in [-0.15, -0.1) is 0 Å². The van der Waals surface area contributed by atoms with Crippen LogP contribution in [0.25, 0.3) is 0 Å². The Labute approximate surface area is 544 Å². The Morgan fingerprint density at radius 2 is 0.979 bits per heavy atom. The molecule has 10 fully saturated rings. The summed E-state index contributed by atoms with van der Waals surface area (Å²) in [6.45, 7) is 11.4. The third kappa shape index (κ3) is 13.8. The number of aliphatic hydroxyl groups excluding tert-OH is 17. The van der Waals surface area contributed by atoms with Crippen molar-refractivity contribution in [1.29, 1.82) is 0 Å². The normalized spacial score (nSPS) is 55.7. The minimum atomic E-state index is -1.89. The van der Waals surface area contributed by atoms with Gasteiger partial charge in [0, 0.05) is 12.3 Å². The Morgan fingerprint density at radius 3 is 1.56 bits per heavy atom. The molecule has 0 spiro atoms. The first-order valence-electron chi connectivity index (χ1n) is 33.7. The summed E-state index contributed by atoms with van der Waals surface area (Å²) in [6, 6.07) is 0. The molecule has 7 saturated heterocycles. The van der Waals surface area contributed by atoms with Crippen molar-refractivity contribution < 1.29 is 153 Å². The van der Waals surface area contributed by atoms with Gasteiger partial charge in [-0.2, -0.15) is 0 Å². The van der Waals surface area contributed by atoms with Crippen molar-refractivity contribution in [3.63, 3.8) is 0 Å². The van der Waals surface area contributed by atoms with Crippen molar-refractivity contribution in [3.05, 3.63) is 11.6 Å². The summed E-state index contributed by atoms with van der Waals surface area (Å²) in [5.41, 5.74) is 1.03. The van der Waals surface area contributed by atoms with Crippen LogP contribution in [0.2, 0.25) is 0 Å². The van der Waals surface area contributed by atoms with Gasteiger partial charge in [-0.1, -0.05) is 39.3 Å². The van der Waals surface area contributed by atoms with Gasteiger partial charge in [0.05, 0.1) is 56.9 Å². The van der Waals surface area contributed by atoms with Crippen molar-refractivity contribution in [1.82, 2.24) is 0 Å². The first kappa shape index (κ1) is 73.7. The second kappa shape index (κ2) is 29.1. The summed E-state index contributed by atoms with van der Waals surface area (Å²) in [7, 11) is 0. The van der Waals surface area contributed by atoms with E-state index in [-0.39, 0.29) is 41.3 Å². The molecule has 11 rings (SSSR count). The van der Waals surface area contributed by atoms with Gasteiger partial charge >= 0.3 is 0 Å². The molecule has 0 radical (unpaired) electrons. The van der Waals surface area contributed by atoms with Crippen molar-refractivity contribution in [2.75, 3.05) is 26.4 Å². The lowest BCUT2D eigenvalue weighted by atomic mass is 9.47. The van der Waals surface area contributed by atoms with Gasteiger partial charge in [0.1, 0.15) is 128 Å². The molecule has 3 saturated carbocycles. The quantitative estimate of drug-likeness (QED) is 0.0537. The lowest BCUT2D eigenvalue weighted by Crippen LogP contribution is -2.65. The SMILES string of the molecule is CC(CC[C@@]1(O)O[C@H]2C[C@H]3[C@@H]4CC=C5C[C@@H](O[C@@H]6O[C@H](CO[C@@H]7O[C@H](CO[C@@H]8O[C@@H](C)[C@H](O[C@@H]9O[C@@H](C)[C@H](O[C@@H]%10O[C@@H](C)[C@H](O)[C@@H](O)[C@H]%10O)[C@@H](O)[C@H]9O)[C@@H](O)[C@H]8O)[C@H](O)[C@H](O)[C@H]7O)[C@@H](O)[C@H](O)[C@H]6O)CC[C@]5(C)[C@H]4CC[C@]3(C)[C@H]2[C@@H]1C)CO[C@@H]1O[C@H](CO)[C@@H](O)[C@H](O)[C@H]1O. The molecule has 7 heterocycles. The highest BCUT2D eigenvalue weighted by molar-refractivity contribution is 5.26. The van der Waals surface area contributed by atoms with Crippen LogP contribution in [0, 0.1) is 46.3 Å². The van der Waals surface area contributed by atoms with Gasteiger partial charge in [0.25, 0.3) is 0 Å². The van der Waals surface area contributed by atoms with Crippen LogP contribution in [-0.4, -0.2) is 321 Å². The standard InChI is InChI=1S/C63H104O31/c1-22(19-82-56-47(75)42(70)38(66)33(18-64)89-56)10-15-63(81)23(2)36-32(94-63)17-31-29-9-8-27-16-28(11-13-61(27,6)30(29)12-14-62(31,36)7)88-60-50(78)44(72)40(68)35(91-60)21-84-57-48(76)43(71)39(67)34(90-57)20-83-55-51(79)45(73)53(25(4)86-55)93-59-52(80)46(74)54(26(5)87-59)92-58-49(77)41(69)37(65)24(3)85-58/h8,22-26,28-60,64-81H,9-21H2,1-7H3/t22?,23-,24-,25-,26-,28-,29+,30-,31-,32-,33+,34+,35+,36-,37-,38+,39-,40+,41+,42-,43-,44-,45-,46-,47+,48+,49+,50+,51+,52+,53-,54-,55+,56+,57+,58-,59-,60+,61-,62-,63+/m0/s1. The zero-order chi connectivity index (χ0) is 68.1. The number of rotatable bonds is 19. The number of allylic oxidation sites excluding steroid dienone is 1. The third-order valence-corrected chi connectivity index (χ3v) is 23.6. The molecule has 41 atom stereocenters. The molecule has 0 aromatic rings. The maximum Gasteiger partial charge on any atom is 0.187 e. The van der Waals surface area contributed by atoms with Crippen LogP contribution >= 0.6 is 0 Å². The van der Waals surface area contributed by atoms with Crippen LogP contribution in [0.3, 0.4) is 0 Å². The van der Waals surface area contributed by atoms with Crippen LogP contribution < -0.4 is 0 Å². The summed E-state index contributed by atoms with van der Waals surface area (Å²) in [5, 5.41) is 194. The molecule has 18 N–H and O–H groups in total. The van der Waals surface area contributed by atoms with Crippen molar-refractivity contribution in [2.45, 2.75) is 308 Å². The monoisotopic (exact) mass is 1360 g/mol. The summed E-state index contributed by atoms with van der Waals surface area (Å²) in [4.78, 5) is 0. The summed E-state index contributed by atoms with van der Waals surface area (Å²) in [6.07, 6.45) is -38.0. The molecule has 4 aliphatic carbocycles. The average molecular weight is 1360 g/mol. The van der Waals surface area contributed by atoms with Crippen molar-refractivity contribution in [3.8, 4) is 0 Å². The van der Waals surface area contributed by atoms with Gasteiger partial charge in [-0.25, -0.2) is 0 Å². The Bertz CT molecular complexity index is 2530. The van der Waals surface area contributed by atoms with Gasteiger partial charge in [0.2, 0.25) is 0 Å². The largest absolute Gasteiger partial charge is 0.394 e. The number of hydrogen-bond acceptors (Lipinski definition) is 31. The minimum Gasteiger partial charge on any atom is -0.394 e. The molecule has 7 aliphatic heterocycles. The number of aliphatic hydroxyl groups is 18. The summed E-state index contributed by atoms with van der Waals surface area (Å²) in [5.74, 6) is -0.341. The van der Waals surface area contributed by atoms with Crippen LogP contribution in [0.1, 0.15) is 106 Å². The molecular formula is C63H104O31. The molecule has 0 amide bonds. The zero-order valence-corrected chi connectivity index (χ0v) is 54.1.